The minimum Gasteiger partial charge on any atom is -0.481 e. The molecule has 2 atom stereocenters. The zero-order chi connectivity index (χ0) is 24.0. The molecule has 1 aliphatic heterocycles. The van der Waals surface area contributed by atoms with Gasteiger partial charge in [0.25, 0.3) is 5.91 Å². The van der Waals surface area contributed by atoms with Gasteiger partial charge in [0, 0.05) is 32.4 Å². The first kappa shape index (κ1) is 24.9. The van der Waals surface area contributed by atoms with Crippen LogP contribution in [0.25, 0.3) is 0 Å². The Hall–Kier alpha value is -2.74. The van der Waals surface area contributed by atoms with Gasteiger partial charge >= 0.3 is 0 Å². The summed E-state index contributed by atoms with van der Waals surface area (Å²) in [6, 6.07) is 15.0. The van der Waals surface area contributed by atoms with Gasteiger partial charge in [0.1, 0.15) is 5.75 Å². The number of ether oxygens (including phenoxy) is 1. The molecule has 0 aromatic heterocycles. The monoisotopic (exact) mass is 473 g/mol. The van der Waals surface area contributed by atoms with Crippen LogP contribution in [0, 0.1) is 5.92 Å². The maximum atomic E-state index is 12.7. The highest BCUT2D eigenvalue weighted by atomic mass is 32.2. The van der Waals surface area contributed by atoms with Gasteiger partial charge < -0.3 is 15.0 Å². The number of nitrogens with zero attached hydrogens (tertiary/aromatic N) is 2. The number of amides is 1. The van der Waals surface area contributed by atoms with E-state index in [9.17, 15) is 13.2 Å². The lowest BCUT2D eigenvalue weighted by Gasteiger charge is -2.32. The van der Waals surface area contributed by atoms with Crippen LogP contribution in [0.3, 0.4) is 0 Å². The third-order valence-corrected chi connectivity index (χ3v) is 7.27. The maximum absolute atomic E-state index is 12.7. The number of carbonyl (C=O) groups is 1. The van der Waals surface area contributed by atoms with Crippen molar-refractivity contribution < 1.29 is 17.9 Å². The van der Waals surface area contributed by atoms with E-state index < -0.39 is 16.1 Å². The normalized spacial score (nSPS) is 17.3. The summed E-state index contributed by atoms with van der Waals surface area (Å²) in [5.41, 5.74) is 2.81. The minimum atomic E-state index is -3.33. The van der Waals surface area contributed by atoms with Gasteiger partial charge in [-0.05, 0) is 67.1 Å². The van der Waals surface area contributed by atoms with Crippen LogP contribution < -0.4 is 19.3 Å². The molecule has 8 heteroatoms. The fraction of sp³-hybridized carbons (Fsp3) is 0.480. The van der Waals surface area contributed by atoms with E-state index in [1.165, 1.54) is 29.9 Å². The van der Waals surface area contributed by atoms with Crippen LogP contribution in [0.1, 0.15) is 38.7 Å². The number of nitrogens with one attached hydrogen (secondary N) is 1. The van der Waals surface area contributed by atoms with E-state index in [4.69, 9.17) is 4.74 Å². The van der Waals surface area contributed by atoms with Gasteiger partial charge in [0.15, 0.2) is 6.10 Å². The van der Waals surface area contributed by atoms with Gasteiger partial charge in [-0.15, -0.1) is 0 Å². The second-order valence-electron chi connectivity index (χ2n) is 8.82. The lowest BCUT2D eigenvalue weighted by atomic mass is 9.99. The number of carbonyl (C=O) groups excluding carboxylic acids is 1. The van der Waals surface area contributed by atoms with Crippen LogP contribution in [0.5, 0.6) is 5.75 Å². The molecule has 1 N–H and O–H groups in total. The van der Waals surface area contributed by atoms with Crippen molar-refractivity contribution in [3.05, 3.63) is 54.1 Å². The first-order chi connectivity index (χ1) is 15.7. The van der Waals surface area contributed by atoms with Crippen LogP contribution in [-0.4, -0.2) is 46.8 Å². The van der Waals surface area contributed by atoms with Crippen LogP contribution in [-0.2, 0) is 21.4 Å². The van der Waals surface area contributed by atoms with Gasteiger partial charge in [-0.2, -0.15) is 0 Å². The van der Waals surface area contributed by atoms with Gasteiger partial charge in [-0.3, -0.25) is 9.10 Å². The van der Waals surface area contributed by atoms with Gasteiger partial charge in [0.2, 0.25) is 10.0 Å². The van der Waals surface area contributed by atoms with E-state index in [0.29, 0.717) is 24.4 Å². The minimum absolute atomic E-state index is 0.177. The Labute approximate surface area is 197 Å². The summed E-state index contributed by atoms with van der Waals surface area (Å²) in [6.07, 6.45) is 3.56. The quantitative estimate of drug-likeness (QED) is 0.599. The van der Waals surface area contributed by atoms with Crippen LogP contribution >= 0.6 is 0 Å². The Bertz CT molecular complexity index is 1020. The third-order valence-electron chi connectivity index (χ3n) is 6.06. The molecule has 2 aromatic carbocycles. The fourth-order valence-corrected chi connectivity index (χ4v) is 4.47. The van der Waals surface area contributed by atoms with Gasteiger partial charge in [-0.1, -0.05) is 26.0 Å². The summed E-state index contributed by atoms with van der Waals surface area (Å²) >= 11 is 0. The van der Waals surface area contributed by atoms with Crippen molar-refractivity contribution in [1.82, 2.24) is 5.32 Å². The van der Waals surface area contributed by atoms with Gasteiger partial charge in [-0.25, -0.2) is 8.42 Å². The summed E-state index contributed by atoms with van der Waals surface area (Å²) in [6.45, 7) is 6.82. The molecule has 0 spiro atoms. The van der Waals surface area contributed by atoms with Crippen LogP contribution in [0.15, 0.2) is 48.5 Å². The van der Waals surface area contributed by atoms with E-state index in [1.807, 2.05) is 6.92 Å². The average molecular weight is 474 g/mol. The Balaban J connectivity index is 1.53. The molecule has 1 fully saturated rings. The Kier molecular flexibility index (Phi) is 8.24. The van der Waals surface area contributed by atoms with Crippen LogP contribution in [0.4, 0.5) is 11.4 Å². The Morgan fingerprint density at radius 2 is 1.85 bits per heavy atom. The topological polar surface area (TPSA) is 78.9 Å². The highest BCUT2D eigenvalue weighted by Crippen LogP contribution is 2.24. The number of rotatable bonds is 9. The molecule has 1 saturated heterocycles. The zero-order valence-electron chi connectivity index (χ0n) is 20.0. The molecule has 1 heterocycles. The number of piperidine rings is 1. The summed E-state index contributed by atoms with van der Waals surface area (Å²) in [7, 11) is -1.84. The molecule has 3 rings (SSSR count). The molecule has 2 aromatic rings. The molecule has 1 aliphatic rings. The summed E-state index contributed by atoms with van der Waals surface area (Å²) in [4.78, 5) is 15.1. The maximum Gasteiger partial charge on any atom is 0.261 e. The molecule has 180 valence electrons. The number of hydrogen-bond donors (Lipinski definition) is 1. The molecular formula is C25H35N3O4S. The van der Waals surface area contributed by atoms with Gasteiger partial charge in [0.05, 0.1) is 11.9 Å². The molecule has 0 aliphatic carbocycles. The number of anilines is 2. The predicted octanol–water partition coefficient (Wildman–Crippen LogP) is 3.79. The summed E-state index contributed by atoms with van der Waals surface area (Å²) < 4.78 is 30.4. The standard InChI is InChI=1S/C25H35N3O4S/c1-5-24(32-23-14-12-21(13-15-23)27(3)33(4,30)31)25(29)26-17-20-8-10-22(11-9-20)28-16-6-7-19(2)18-28/h8-15,19,24H,5-7,16-18H2,1-4H3,(H,26,29)/t19-,24+/m0/s1. The fourth-order valence-electron chi connectivity index (χ4n) is 3.96. The van der Waals surface area contributed by atoms with Crippen molar-refractivity contribution in [3.63, 3.8) is 0 Å². The van der Waals surface area contributed by atoms with Crippen molar-refractivity contribution >= 4 is 27.3 Å². The van der Waals surface area contributed by atoms with Crippen molar-refractivity contribution in [2.75, 3.05) is 35.6 Å². The van der Waals surface area contributed by atoms with E-state index in [-0.39, 0.29) is 5.91 Å². The number of hydrogen-bond acceptors (Lipinski definition) is 5. The largest absolute Gasteiger partial charge is 0.481 e. The van der Waals surface area contributed by atoms with E-state index in [1.54, 1.807) is 24.3 Å². The second-order valence-corrected chi connectivity index (χ2v) is 10.8. The summed E-state index contributed by atoms with van der Waals surface area (Å²) in [5, 5.41) is 2.96. The van der Waals surface area contributed by atoms with Crippen molar-refractivity contribution in [2.24, 2.45) is 5.92 Å². The average Bonchev–Trinajstić information content (AvgIpc) is 2.80. The first-order valence-electron chi connectivity index (χ1n) is 11.5. The highest BCUT2D eigenvalue weighted by Gasteiger charge is 2.19. The molecule has 33 heavy (non-hydrogen) atoms. The predicted molar refractivity (Wildman–Crippen MR) is 133 cm³/mol. The molecule has 0 bridgehead atoms. The van der Waals surface area contributed by atoms with Crippen LogP contribution in [0.2, 0.25) is 0 Å². The number of benzene rings is 2. The number of sulfonamides is 1. The highest BCUT2D eigenvalue weighted by molar-refractivity contribution is 7.92. The SMILES string of the molecule is CC[C@@H](Oc1ccc(N(C)S(C)(=O)=O)cc1)C(=O)NCc1ccc(N2CCC[C@H](C)C2)cc1. The van der Waals surface area contributed by atoms with Crippen molar-refractivity contribution in [3.8, 4) is 5.75 Å². The van der Waals surface area contributed by atoms with Crippen molar-refractivity contribution in [1.29, 1.82) is 0 Å². The van der Waals surface area contributed by atoms with E-state index >= 15 is 0 Å². The lowest BCUT2D eigenvalue weighted by Crippen LogP contribution is -2.37. The Morgan fingerprint density at radius 1 is 1.18 bits per heavy atom. The molecule has 0 unspecified atom stereocenters. The molecule has 0 saturated carbocycles. The molecular weight excluding hydrogens is 438 g/mol. The van der Waals surface area contributed by atoms with Crippen molar-refractivity contribution in [2.45, 2.75) is 45.8 Å². The first-order valence-corrected chi connectivity index (χ1v) is 13.3. The molecule has 1 amide bonds. The molecule has 7 nitrogen and oxygen atoms in total. The Morgan fingerprint density at radius 3 is 2.42 bits per heavy atom. The van der Waals surface area contributed by atoms with E-state index in [2.05, 4.69) is 41.4 Å². The summed E-state index contributed by atoms with van der Waals surface area (Å²) in [5.74, 6) is 1.06. The smallest absolute Gasteiger partial charge is 0.261 e. The third kappa shape index (κ3) is 6.87. The van der Waals surface area contributed by atoms with E-state index in [0.717, 1.165) is 30.8 Å². The second kappa shape index (κ2) is 10.9. The zero-order valence-corrected chi connectivity index (χ0v) is 20.8. The molecule has 0 radical (unpaired) electrons. The lowest BCUT2D eigenvalue weighted by molar-refractivity contribution is -0.128.